The topological polar surface area (TPSA) is 37.8 Å². The molecule has 3 nitrogen and oxygen atoms in total. The van der Waals surface area contributed by atoms with E-state index < -0.39 is 0 Å². The van der Waals surface area contributed by atoms with Crippen LogP contribution in [0.2, 0.25) is 0 Å². The number of rotatable bonds is 6. The number of aromatic nitrogens is 2. The van der Waals surface area contributed by atoms with Crippen molar-refractivity contribution in [3.8, 4) is 0 Å². The predicted molar refractivity (Wildman–Crippen MR) is 82.7 cm³/mol. The van der Waals surface area contributed by atoms with Crippen LogP contribution in [-0.2, 0) is 13.0 Å². The number of aryl methyl sites for hydroxylation is 2. The van der Waals surface area contributed by atoms with Crippen molar-refractivity contribution in [1.29, 1.82) is 0 Å². The molecular formula is C17H22FN3. The van der Waals surface area contributed by atoms with E-state index in [2.05, 4.69) is 22.2 Å². The molecule has 1 heterocycles. The number of nitrogens with zero attached hydrogens (tertiary/aromatic N) is 2. The maximum absolute atomic E-state index is 13.7. The lowest BCUT2D eigenvalue weighted by atomic mass is 10.1. The highest BCUT2D eigenvalue weighted by Crippen LogP contribution is 2.14. The Kier molecular flexibility index (Phi) is 5.39. The quantitative estimate of drug-likeness (QED) is 0.828. The Morgan fingerprint density at radius 3 is 2.38 bits per heavy atom. The van der Waals surface area contributed by atoms with Crippen molar-refractivity contribution in [2.75, 3.05) is 6.54 Å². The molecule has 0 unspecified atom stereocenters. The zero-order valence-corrected chi connectivity index (χ0v) is 12.9. The van der Waals surface area contributed by atoms with Gasteiger partial charge in [0.1, 0.15) is 11.6 Å². The zero-order valence-electron chi connectivity index (χ0n) is 12.9. The van der Waals surface area contributed by atoms with Crippen LogP contribution in [0, 0.1) is 19.7 Å². The van der Waals surface area contributed by atoms with Gasteiger partial charge in [-0.25, -0.2) is 14.4 Å². The lowest BCUT2D eigenvalue weighted by Gasteiger charge is -2.12. The summed E-state index contributed by atoms with van der Waals surface area (Å²) < 4.78 is 13.7. The molecule has 1 aromatic carbocycles. The molecule has 112 valence electrons. The molecule has 0 bridgehead atoms. The monoisotopic (exact) mass is 287 g/mol. The summed E-state index contributed by atoms with van der Waals surface area (Å²) in [5, 5.41) is 3.37. The molecule has 0 saturated carbocycles. The van der Waals surface area contributed by atoms with E-state index in [0.717, 1.165) is 36.5 Å². The third-order valence-electron chi connectivity index (χ3n) is 3.50. The highest BCUT2D eigenvalue weighted by atomic mass is 19.1. The van der Waals surface area contributed by atoms with Crippen LogP contribution < -0.4 is 5.32 Å². The molecular weight excluding hydrogens is 265 g/mol. The van der Waals surface area contributed by atoms with Crippen molar-refractivity contribution in [3.05, 3.63) is 58.4 Å². The van der Waals surface area contributed by atoms with Gasteiger partial charge in [0, 0.05) is 29.9 Å². The lowest BCUT2D eigenvalue weighted by molar-refractivity contribution is 0.611. The molecule has 4 heteroatoms. The first-order valence-corrected chi connectivity index (χ1v) is 7.39. The Hall–Kier alpha value is -1.81. The number of nitrogens with one attached hydrogen (secondary N) is 1. The van der Waals surface area contributed by atoms with E-state index >= 15 is 0 Å². The smallest absolute Gasteiger partial charge is 0.133 e. The Balaban J connectivity index is 2.17. The Morgan fingerprint density at radius 1 is 1.10 bits per heavy atom. The van der Waals surface area contributed by atoms with Gasteiger partial charge < -0.3 is 5.32 Å². The van der Waals surface area contributed by atoms with Crippen LogP contribution in [0.1, 0.15) is 41.7 Å². The third kappa shape index (κ3) is 4.08. The average Bonchev–Trinajstić information content (AvgIpc) is 2.44. The highest BCUT2D eigenvalue weighted by Gasteiger charge is 2.10. The van der Waals surface area contributed by atoms with Crippen molar-refractivity contribution >= 4 is 0 Å². The van der Waals surface area contributed by atoms with Gasteiger partial charge in [-0.15, -0.1) is 0 Å². The van der Waals surface area contributed by atoms with Gasteiger partial charge in [0.25, 0.3) is 0 Å². The fourth-order valence-corrected chi connectivity index (χ4v) is 2.35. The number of hydrogen-bond acceptors (Lipinski definition) is 3. The van der Waals surface area contributed by atoms with Gasteiger partial charge in [0.05, 0.1) is 0 Å². The molecule has 1 aromatic heterocycles. The van der Waals surface area contributed by atoms with Gasteiger partial charge in [-0.3, -0.25) is 0 Å². The van der Waals surface area contributed by atoms with E-state index in [4.69, 9.17) is 0 Å². The van der Waals surface area contributed by atoms with Gasteiger partial charge in [0.2, 0.25) is 0 Å². The minimum Gasteiger partial charge on any atom is -0.313 e. The van der Waals surface area contributed by atoms with Crippen LogP contribution >= 0.6 is 0 Å². The molecule has 1 N–H and O–H groups in total. The molecule has 0 aliphatic rings. The Bertz CT molecular complexity index is 588. The van der Waals surface area contributed by atoms with Crippen LogP contribution in [0.25, 0.3) is 0 Å². The van der Waals surface area contributed by atoms with Crippen molar-refractivity contribution in [2.24, 2.45) is 0 Å². The average molecular weight is 287 g/mol. The molecule has 0 atom stereocenters. The second-order valence-electron chi connectivity index (χ2n) is 5.23. The predicted octanol–water partition coefficient (Wildman–Crippen LogP) is 3.32. The summed E-state index contributed by atoms with van der Waals surface area (Å²) in [4.78, 5) is 9.06. The number of hydrogen-bond donors (Lipinski definition) is 1. The molecule has 0 fully saturated rings. The van der Waals surface area contributed by atoms with Gasteiger partial charge in [0.15, 0.2) is 0 Å². The molecule has 2 aromatic rings. The molecule has 0 aliphatic carbocycles. The minimum atomic E-state index is -0.204. The van der Waals surface area contributed by atoms with E-state index in [1.807, 2.05) is 19.9 Å². The van der Waals surface area contributed by atoms with Crippen molar-refractivity contribution < 1.29 is 4.39 Å². The molecule has 0 aliphatic heterocycles. The highest BCUT2D eigenvalue weighted by molar-refractivity contribution is 5.27. The van der Waals surface area contributed by atoms with Crippen LogP contribution in [0.15, 0.2) is 24.3 Å². The summed E-state index contributed by atoms with van der Waals surface area (Å²) in [6.07, 6.45) is 1.53. The largest absolute Gasteiger partial charge is 0.313 e. The van der Waals surface area contributed by atoms with Gasteiger partial charge >= 0.3 is 0 Å². The van der Waals surface area contributed by atoms with E-state index in [-0.39, 0.29) is 5.82 Å². The minimum absolute atomic E-state index is 0.204. The van der Waals surface area contributed by atoms with E-state index in [1.54, 1.807) is 12.1 Å². The Morgan fingerprint density at radius 2 is 1.76 bits per heavy atom. The Labute approximate surface area is 125 Å². The summed E-state index contributed by atoms with van der Waals surface area (Å²) in [5.74, 6) is 0.472. The maximum Gasteiger partial charge on any atom is 0.133 e. The molecule has 0 radical (unpaired) electrons. The standard InChI is InChI=1S/C17H22FN3/c1-4-9-19-11-15-12(2)20-17(21-13(15)3)10-14-7-5-6-8-16(14)18/h5-8,19H,4,9-11H2,1-3H3. The summed E-state index contributed by atoms with van der Waals surface area (Å²) in [6.45, 7) is 7.88. The summed E-state index contributed by atoms with van der Waals surface area (Å²) in [6, 6.07) is 6.78. The molecule has 21 heavy (non-hydrogen) atoms. The zero-order chi connectivity index (χ0) is 15.2. The van der Waals surface area contributed by atoms with Crippen LogP contribution in [0.3, 0.4) is 0 Å². The molecule has 0 amide bonds. The fourth-order valence-electron chi connectivity index (χ4n) is 2.35. The normalized spacial score (nSPS) is 10.9. The maximum atomic E-state index is 13.7. The second kappa shape index (κ2) is 7.27. The molecule has 0 spiro atoms. The van der Waals surface area contributed by atoms with Crippen LogP contribution in [0.4, 0.5) is 4.39 Å². The number of halogens is 1. The third-order valence-corrected chi connectivity index (χ3v) is 3.50. The first-order chi connectivity index (χ1) is 10.1. The van der Waals surface area contributed by atoms with Crippen LogP contribution in [0.5, 0.6) is 0 Å². The first kappa shape index (κ1) is 15.6. The van der Waals surface area contributed by atoms with Gasteiger partial charge in [-0.05, 0) is 38.4 Å². The fraction of sp³-hybridized carbons (Fsp3) is 0.412. The molecule has 2 rings (SSSR count). The summed E-state index contributed by atoms with van der Waals surface area (Å²) >= 11 is 0. The van der Waals surface area contributed by atoms with Crippen molar-refractivity contribution in [2.45, 2.75) is 40.2 Å². The van der Waals surface area contributed by atoms with Gasteiger partial charge in [-0.1, -0.05) is 25.1 Å². The summed E-state index contributed by atoms with van der Waals surface area (Å²) in [5.41, 5.74) is 3.71. The molecule has 0 saturated heterocycles. The van der Waals surface area contributed by atoms with Crippen molar-refractivity contribution in [3.63, 3.8) is 0 Å². The van der Waals surface area contributed by atoms with Crippen LogP contribution in [-0.4, -0.2) is 16.5 Å². The van der Waals surface area contributed by atoms with E-state index in [1.165, 1.54) is 6.07 Å². The van der Waals surface area contributed by atoms with E-state index in [0.29, 0.717) is 17.8 Å². The van der Waals surface area contributed by atoms with Gasteiger partial charge in [-0.2, -0.15) is 0 Å². The first-order valence-electron chi connectivity index (χ1n) is 7.39. The second-order valence-corrected chi connectivity index (χ2v) is 5.23. The van der Waals surface area contributed by atoms with Crippen molar-refractivity contribution in [1.82, 2.24) is 15.3 Å². The number of benzene rings is 1. The SMILES string of the molecule is CCCNCc1c(C)nc(Cc2ccccc2F)nc1C. The van der Waals surface area contributed by atoms with E-state index in [9.17, 15) is 4.39 Å². The lowest BCUT2D eigenvalue weighted by Crippen LogP contribution is -2.17. The summed E-state index contributed by atoms with van der Waals surface area (Å²) in [7, 11) is 0.